The summed E-state index contributed by atoms with van der Waals surface area (Å²) in [6.07, 6.45) is 1.32. The number of carbonyl (C=O) groups is 1. The third kappa shape index (κ3) is 2.60. The average molecular weight is 233 g/mol. The van der Waals surface area contributed by atoms with Crippen molar-refractivity contribution in [3.63, 3.8) is 0 Å². The lowest BCUT2D eigenvalue weighted by Crippen LogP contribution is -2.20. The number of fused-ring (bicyclic) bond motifs is 1. The maximum absolute atomic E-state index is 11.3. The average Bonchev–Trinajstić information content (AvgIpc) is 2.65. The van der Waals surface area contributed by atoms with Crippen LogP contribution in [-0.2, 0) is 9.53 Å². The number of anilines is 1. The van der Waals surface area contributed by atoms with E-state index in [2.05, 4.69) is 30.4 Å². The molecule has 0 fully saturated rings. The molecule has 1 N–H and O–H groups in total. The van der Waals surface area contributed by atoms with Crippen molar-refractivity contribution >= 4 is 11.7 Å². The highest BCUT2D eigenvalue weighted by Gasteiger charge is 2.28. The Morgan fingerprint density at radius 1 is 1.41 bits per heavy atom. The van der Waals surface area contributed by atoms with Gasteiger partial charge in [0.05, 0.1) is 6.61 Å². The quantitative estimate of drug-likeness (QED) is 0.813. The van der Waals surface area contributed by atoms with Crippen LogP contribution in [0.5, 0.6) is 0 Å². The van der Waals surface area contributed by atoms with Gasteiger partial charge in [0.2, 0.25) is 0 Å². The van der Waals surface area contributed by atoms with Crippen molar-refractivity contribution in [2.75, 3.05) is 11.9 Å². The second-order valence-electron chi connectivity index (χ2n) is 4.47. The Labute approximate surface area is 102 Å². The largest absolute Gasteiger partial charge is 0.466 e. The normalized spacial score (nSPS) is 21.8. The van der Waals surface area contributed by atoms with Gasteiger partial charge in [0.25, 0.3) is 0 Å². The van der Waals surface area contributed by atoms with Gasteiger partial charge in [0.1, 0.15) is 0 Å². The topological polar surface area (TPSA) is 38.3 Å². The number of ether oxygens (including phenoxy) is 1. The first-order chi connectivity index (χ1) is 8.22. The molecule has 0 amide bonds. The SMILES string of the molecule is CCOC(=O)CC[C@H]1Nc2ccccc2[C@H]1C. The molecule has 0 aromatic heterocycles. The number of para-hydroxylation sites is 1. The van der Waals surface area contributed by atoms with Gasteiger partial charge in [-0.2, -0.15) is 0 Å². The Bertz CT molecular complexity index is 403. The molecule has 1 aromatic rings. The Hall–Kier alpha value is -1.51. The van der Waals surface area contributed by atoms with Crippen LogP contribution in [0.15, 0.2) is 24.3 Å². The van der Waals surface area contributed by atoms with Crippen molar-refractivity contribution in [2.24, 2.45) is 0 Å². The molecule has 3 nitrogen and oxygen atoms in total. The summed E-state index contributed by atoms with van der Waals surface area (Å²) in [7, 11) is 0. The van der Waals surface area contributed by atoms with E-state index < -0.39 is 0 Å². The molecule has 1 aliphatic rings. The summed E-state index contributed by atoms with van der Waals surface area (Å²) in [6, 6.07) is 8.68. The van der Waals surface area contributed by atoms with Crippen LogP contribution in [0.3, 0.4) is 0 Å². The van der Waals surface area contributed by atoms with E-state index in [1.165, 1.54) is 11.3 Å². The summed E-state index contributed by atoms with van der Waals surface area (Å²) in [5.41, 5.74) is 2.55. The molecule has 1 heterocycles. The zero-order valence-electron chi connectivity index (χ0n) is 10.4. The molecule has 0 unspecified atom stereocenters. The molecule has 1 aliphatic heterocycles. The minimum Gasteiger partial charge on any atom is -0.466 e. The molecule has 3 heteroatoms. The van der Waals surface area contributed by atoms with Gasteiger partial charge in [-0.05, 0) is 25.0 Å². The van der Waals surface area contributed by atoms with Crippen LogP contribution < -0.4 is 5.32 Å². The highest BCUT2D eigenvalue weighted by Crippen LogP contribution is 2.36. The number of rotatable bonds is 4. The molecule has 92 valence electrons. The van der Waals surface area contributed by atoms with Crippen molar-refractivity contribution < 1.29 is 9.53 Å². The highest BCUT2D eigenvalue weighted by atomic mass is 16.5. The minimum atomic E-state index is -0.0996. The molecule has 17 heavy (non-hydrogen) atoms. The van der Waals surface area contributed by atoms with E-state index in [-0.39, 0.29) is 5.97 Å². The van der Waals surface area contributed by atoms with Gasteiger partial charge in [0.15, 0.2) is 0 Å². The van der Waals surface area contributed by atoms with Crippen LogP contribution in [0.4, 0.5) is 5.69 Å². The van der Waals surface area contributed by atoms with Crippen molar-refractivity contribution in [1.82, 2.24) is 0 Å². The van der Waals surface area contributed by atoms with Crippen molar-refractivity contribution in [2.45, 2.75) is 38.6 Å². The number of carbonyl (C=O) groups excluding carboxylic acids is 1. The zero-order chi connectivity index (χ0) is 12.3. The number of esters is 1. The number of benzene rings is 1. The Morgan fingerprint density at radius 2 is 2.18 bits per heavy atom. The molecule has 0 aliphatic carbocycles. The summed E-state index contributed by atoms with van der Waals surface area (Å²) in [4.78, 5) is 11.3. The van der Waals surface area contributed by atoms with Crippen molar-refractivity contribution in [1.29, 1.82) is 0 Å². The smallest absolute Gasteiger partial charge is 0.305 e. The van der Waals surface area contributed by atoms with Crippen molar-refractivity contribution in [3.05, 3.63) is 29.8 Å². The maximum atomic E-state index is 11.3. The van der Waals surface area contributed by atoms with Crippen LogP contribution in [0.1, 0.15) is 38.2 Å². The van der Waals surface area contributed by atoms with Crippen LogP contribution in [0.25, 0.3) is 0 Å². The third-order valence-electron chi connectivity index (χ3n) is 3.36. The second-order valence-corrected chi connectivity index (χ2v) is 4.47. The van der Waals surface area contributed by atoms with Crippen LogP contribution in [0, 0.1) is 0 Å². The molecular weight excluding hydrogens is 214 g/mol. The molecule has 0 saturated carbocycles. The van der Waals surface area contributed by atoms with Gasteiger partial charge in [-0.3, -0.25) is 4.79 Å². The first kappa shape index (κ1) is 12.0. The molecule has 0 bridgehead atoms. The number of nitrogens with one attached hydrogen (secondary N) is 1. The first-order valence-electron chi connectivity index (χ1n) is 6.23. The third-order valence-corrected chi connectivity index (χ3v) is 3.36. The Kier molecular flexibility index (Phi) is 3.67. The van der Waals surface area contributed by atoms with Gasteiger partial charge in [-0.1, -0.05) is 25.1 Å². The predicted molar refractivity (Wildman–Crippen MR) is 68.1 cm³/mol. The molecule has 0 saturated heterocycles. The van der Waals surface area contributed by atoms with Gasteiger partial charge in [0, 0.05) is 24.1 Å². The Balaban J connectivity index is 1.92. The van der Waals surface area contributed by atoms with Crippen molar-refractivity contribution in [3.8, 4) is 0 Å². The summed E-state index contributed by atoms with van der Waals surface area (Å²) in [6.45, 7) is 4.51. The number of hydrogen-bond donors (Lipinski definition) is 1. The minimum absolute atomic E-state index is 0.0996. The van der Waals surface area contributed by atoms with E-state index >= 15 is 0 Å². The van der Waals surface area contributed by atoms with Gasteiger partial charge >= 0.3 is 5.97 Å². The summed E-state index contributed by atoms with van der Waals surface area (Å²) >= 11 is 0. The fourth-order valence-electron chi connectivity index (χ4n) is 2.40. The van der Waals surface area contributed by atoms with Crippen LogP contribution in [-0.4, -0.2) is 18.6 Å². The maximum Gasteiger partial charge on any atom is 0.305 e. The van der Waals surface area contributed by atoms with Gasteiger partial charge < -0.3 is 10.1 Å². The zero-order valence-corrected chi connectivity index (χ0v) is 10.4. The van der Waals surface area contributed by atoms with E-state index in [9.17, 15) is 4.79 Å². The molecule has 0 radical (unpaired) electrons. The molecular formula is C14H19NO2. The first-order valence-corrected chi connectivity index (χ1v) is 6.23. The fraction of sp³-hybridized carbons (Fsp3) is 0.500. The van der Waals surface area contributed by atoms with E-state index in [1.807, 2.05) is 13.0 Å². The molecule has 1 aromatic carbocycles. The lowest BCUT2D eigenvalue weighted by Gasteiger charge is -2.15. The standard InChI is InChI=1S/C14H19NO2/c1-3-17-14(16)9-8-12-10(2)11-6-4-5-7-13(11)15-12/h4-7,10,12,15H,3,8-9H2,1-2H3/t10-,12-/m1/s1. The number of hydrogen-bond acceptors (Lipinski definition) is 3. The summed E-state index contributed by atoms with van der Waals surface area (Å²) in [5.74, 6) is 0.359. The second kappa shape index (κ2) is 5.21. The summed E-state index contributed by atoms with van der Waals surface area (Å²) < 4.78 is 4.95. The Morgan fingerprint density at radius 3 is 2.88 bits per heavy atom. The lowest BCUT2D eigenvalue weighted by atomic mass is 9.94. The van der Waals surface area contributed by atoms with Crippen LogP contribution in [0.2, 0.25) is 0 Å². The molecule has 2 rings (SSSR count). The van der Waals surface area contributed by atoms with E-state index in [0.29, 0.717) is 25.0 Å². The monoisotopic (exact) mass is 233 g/mol. The predicted octanol–water partition coefficient (Wildman–Crippen LogP) is 2.93. The highest BCUT2D eigenvalue weighted by molar-refractivity contribution is 5.69. The van der Waals surface area contributed by atoms with E-state index in [1.54, 1.807) is 0 Å². The molecule has 2 atom stereocenters. The van der Waals surface area contributed by atoms with Gasteiger partial charge in [-0.25, -0.2) is 0 Å². The van der Waals surface area contributed by atoms with E-state index in [0.717, 1.165) is 6.42 Å². The van der Waals surface area contributed by atoms with E-state index in [4.69, 9.17) is 4.74 Å². The molecule has 0 spiro atoms. The fourth-order valence-corrected chi connectivity index (χ4v) is 2.40. The van der Waals surface area contributed by atoms with Gasteiger partial charge in [-0.15, -0.1) is 0 Å². The van der Waals surface area contributed by atoms with Crippen LogP contribution >= 0.6 is 0 Å². The summed E-state index contributed by atoms with van der Waals surface area (Å²) in [5, 5.41) is 3.47. The lowest BCUT2D eigenvalue weighted by molar-refractivity contribution is -0.143.